The van der Waals surface area contributed by atoms with E-state index in [0.29, 0.717) is 30.6 Å². The number of nitrogens with one attached hydrogen (secondary N) is 1. The molecule has 0 radical (unpaired) electrons. The molecule has 0 bridgehead atoms. The molecule has 3 N–H and O–H groups in total. The van der Waals surface area contributed by atoms with Gasteiger partial charge in [-0.2, -0.15) is 4.98 Å². The number of hydrogen-bond acceptors (Lipinski definition) is 8. The first kappa shape index (κ1) is 23.5. The normalized spacial score (nSPS) is 16.9. The van der Waals surface area contributed by atoms with Crippen LogP contribution < -0.4 is 10.5 Å². The molecule has 1 aliphatic heterocycles. The van der Waals surface area contributed by atoms with Gasteiger partial charge in [-0.1, -0.05) is 35.5 Å². The maximum absolute atomic E-state index is 13.1. The van der Waals surface area contributed by atoms with Crippen LogP contribution in [0, 0.1) is 0 Å². The molecular weight excluding hydrogens is 460 g/mol. The third kappa shape index (κ3) is 5.83. The van der Waals surface area contributed by atoms with Crippen LogP contribution in [0.15, 0.2) is 53.2 Å². The zero-order valence-electron chi connectivity index (χ0n) is 18.3. The standard InChI is InChI=1S/C22H24N6O5S/c23-20(29)16-9-10-17(24-12-16)21-25-19(33-26-21)13-28-11-5-4-8-18(22(28)30)27-34(31,32)14-15-6-2-1-3-7-15/h1-3,6-7,9-10,12,18,27H,4-5,8,11,13-14H2,(H2,23,29)/t18-/m0/s1. The molecule has 34 heavy (non-hydrogen) atoms. The second-order valence-electron chi connectivity index (χ2n) is 7.98. The Morgan fingerprint density at radius 2 is 1.97 bits per heavy atom. The van der Waals surface area contributed by atoms with Crippen LogP contribution in [0.3, 0.4) is 0 Å². The molecule has 1 saturated heterocycles. The number of aromatic nitrogens is 3. The van der Waals surface area contributed by atoms with Gasteiger partial charge in [-0.05, 0) is 37.0 Å². The van der Waals surface area contributed by atoms with Gasteiger partial charge >= 0.3 is 0 Å². The van der Waals surface area contributed by atoms with Crippen LogP contribution in [-0.2, 0) is 27.1 Å². The van der Waals surface area contributed by atoms with E-state index in [2.05, 4.69) is 19.8 Å². The van der Waals surface area contributed by atoms with E-state index in [9.17, 15) is 18.0 Å². The lowest BCUT2D eigenvalue weighted by molar-refractivity contribution is -0.133. The largest absolute Gasteiger partial charge is 0.366 e. The second-order valence-corrected chi connectivity index (χ2v) is 9.73. The zero-order chi connectivity index (χ0) is 24.1. The van der Waals surface area contributed by atoms with Crippen molar-refractivity contribution in [2.45, 2.75) is 37.6 Å². The summed E-state index contributed by atoms with van der Waals surface area (Å²) in [5, 5.41) is 3.89. The van der Waals surface area contributed by atoms with Crippen LogP contribution in [0.2, 0.25) is 0 Å². The first-order valence-electron chi connectivity index (χ1n) is 10.7. The van der Waals surface area contributed by atoms with Gasteiger partial charge in [-0.3, -0.25) is 14.6 Å². The summed E-state index contributed by atoms with van der Waals surface area (Å²) < 4.78 is 33.2. The molecular formula is C22H24N6O5S. The fourth-order valence-corrected chi connectivity index (χ4v) is 5.05. The minimum Gasteiger partial charge on any atom is -0.366 e. The Hall–Kier alpha value is -3.64. The number of carbonyl (C=O) groups excluding carboxylic acids is 2. The molecule has 0 aliphatic carbocycles. The number of sulfonamides is 1. The number of nitrogens with two attached hydrogens (primary N) is 1. The molecule has 2 aromatic heterocycles. The van der Waals surface area contributed by atoms with Crippen molar-refractivity contribution >= 4 is 21.8 Å². The summed E-state index contributed by atoms with van der Waals surface area (Å²) in [6.45, 7) is 0.487. The van der Waals surface area contributed by atoms with E-state index >= 15 is 0 Å². The molecule has 4 rings (SSSR count). The lowest BCUT2D eigenvalue weighted by Crippen LogP contribution is -2.47. The van der Waals surface area contributed by atoms with Gasteiger partial charge in [0, 0.05) is 12.7 Å². The Bertz CT molecular complexity index is 1260. The van der Waals surface area contributed by atoms with Crippen LogP contribution in [-0.4, -0.2) is 52.8 Å². The number of pyridine rings is 1. The van der Waals surface area contributed by atoms with Crippen molar-refractivity contribution in [3.8, 4) is 11.5 Å². The highest BCUT2D eigenvalue weighted by Crippen LogP contribution is 2.18. The average molecular weight is 485 g/mol. The van der Waals surface area contributed by atoms with E-state index in [1.165, 1.54) is 17.2 Å². The monoisotopic (exact) mass is 484 g/mol. The van der Waals surface area contributed by atoms with Gasteiger partial charge < -0.3 is 15.2 Å². The van der Waals surface area contributed by atoms with Gasteiger partial charge in [-0.25, -0.2) is 13.1 Å². The van der Waals surface area contributed by atoms with Crippen molar-refractivity contribution in [3.05, 3.63) is 65.7 Å². The second kappa shape index (κ2) is 10.1. The van der Waals surface area contributed by atoms with Crippen LogP contribution in [0.4, 0.5) is 0 Å². The van der Waals surface area contributed by atoms with Gasteiger partial charge in [0.2, 0.25) is 33.6 Å². The molecule has 3 heterocycles. The predicted octanol–water partition coefficient (Wildman–Crippen LogP) is 1.23. The quantitative estimate of drug-likeness (QED) is 0.482. The first-order chi connectivity index (χ1) is 16.3. The number of rotatable bonds is 8. The fraction of sp³-hybridized carbons (Fsp3) is 0.318. The minimum absolute atomic E-state index is 0.0438. The number of amides is 2. The lowest BCUT2D eigenvalue weighted by atomic mass is 10.1. The Balaban J connectivity index is 1.43. The Morgan fingerprint density at radius 1 is 1.18 bits per heavy atom. The van der Waals surface area contributed by atoms with Crippen molar-refractivity contribution in [1.29, 1.82) is 0 Å². The number of benzene rings is 1. The van der Waals surface area contributed by atoms with Gasteiger partial charge in [-0.15, -0.1) is 0 Å². The van der Waals surface area contributed by atoms with Gasteiger partial charge in [0.15, 0.2) is 0 Å². The Kier molecular flexibility index (Phi) is 6.98. The van der Waals surface area contributed by atoms with E-state index in [0.717, 1.165) is 6.42 Å². The number of carbonyl (C=O) groups is 2. The summed E-state index contributed by atoms with van der Waals surface area (Å²) in [6, 6.07) is 11.0. The molecule has 0 saturated carbocycles. The van der Waals surface area contributed by atoms with Crippen LogP contribution in [0.25, 0.3) is 11.5 Å². The maximum Gasteiger partial charge on any atom is 0.250 e. The Labute approximate surface area is 196 Å². The summed E-state index contributed by atoms with van der Waals surface area (Å²) in [5.74, 6) is -0.740. The summed E-state index contributed by atoms with van der Waals surface area (Å²) in [6.07, 6.45) is 3.15. The van der Waals surface area contributed by atoms with E-state index in [-0.39, 0.29) is 35.5 Å². The minimum atomic E-state index is -3.71. The summed E-state index contributed by atoms with van der Waals surface area (Å²) in [5.41, 5.74) is 6.49. The van der Waals surface area contributed by atoms with Crippen molar-refractivity contribution < 1.29 is 22.5 Å². The van der Waals surface area contributed by atoms with Gasteiger partial charge in [0.1, 0.15) is 18.3 Å². The number of nitrogens with zero attached hydrogens (tertiary/aromatic N) is 4. The molecule has 1 aliphatic rings. The summed E-state index contributed by atoms with van der Waals surface area (Å²) >= 11 is 0. The molecule has 2 amide bonds. The first-order valence-corrected chi connectivity index (χ1v) is 12.4. The molecule has 0 spiro atoms. The van der Waals surface area contributed by atoms with E-state index in [1.807, 2.05) is 6.07 Å². The maximum atomic E-state index is 13.1. The highest BCUT2D eigenvalue weighted by Gasteiger charge is 2.31. The third-order valence-electron chi connectivity index (χ3n) is 5.37. The smallest absolute Gasteiger partial charge is 0.250 e. The van der Waals surface area contributed by atoms with E-state index < -0.39 is 22.0 Å². The van der Waals surface area contributed by atoms with Crippen molar-refractivity contribution in [2.24, 2.45) is 5.73 Å². The molecule has 1 atom stereocenters. The number of likely N-dealkylation sites (tertiary alicyclic amines) is 1. The summed E-state index contributed by atoms with van der Waals surface area (Å²) in [7, 11) is -3.71. The van der Waals surface area contributed by atoms with Crippen molar-refractivity contribution in [1.82, 2.24) is 24.7 Å². The zero-order valence-corrected chi connectivity index (χ0v) is 19.1. The summed E-state index contributed by atoms with van der Waals surface area (Å²) in [4.78, 5) is 34.2. The van der Waals surface area contributed by atoms with E-state index in [1.54, 1.807) is 30.3 Å². The highest BCUT2D eigenvalue weighted by molar-refractivity contribution is 7.88. The predicted molar refractivity (Wildman–Crippen MR) is 121 cm³/mol. The van der Waals surface area contributed by atoms with Crippen LogP contribution in [0.1, 0.15) is 41.1 Å². The third-order valence-corrected chi connectivity index (χ3v) is 6.73. The van der Waals surface area contributed by atoms with Crippen LogP contribution in [0.5, 0.6) is 0 Å². The van der Waals surface area contributed by atoms with Gasteiger partial charge in [0.25, 0.3) is 0 Å². The highest BCUT2D eigenvalue weighted by atomic mass is 32.2. The fourth-order valence-electron chi connectivity index (χ4n) is 3.68. The van der Waals surface area contributed by atoms with E-state index in [4.69, 9.17) is 10.3 Å². The molecule has 0 unspecified atom stereocenters. The Morgan fingerprint density at radius 3 is 2.68 bits per heavy atom. The molecule has 11 nitrogen and oxygen atoms in total. The molecule has 1 fully saturated rings. The average Bonchev–Trinajstić information content (AvgIpc) is 3.22. The molecule has 178 valence electrons. The molecule has 12 heteroatoms. The topological polar surface area (TPSA) is 161 Å². The van der Waals surface area contributed by atoms with Crippen molar-refractivity contribution in [2.75, 3.05) is 6.54 Å². The number of hydrogen-bond donors (Lipinski definition) is 2. The number of primary amides is 1. The lowest BCUT2D eigenvalue weighted by Gasteiger charge is -2.23. The van der Waals surface area contributed by atoms with Crippen LogP contribution >= 0.6 is 0 Å². The van der Waals surface area contributed by atoms with Gasteiger partial charge in [0.05, 0.1) is 11.3 Å². The molecule has 1 aromatic carbocycles. The SMILES string of the molecule is NC(=O)c1ccc(-c2noc(CN3CCCC[C@H](NS(=O)(=O)Cc4ccccc4)C3=O)n2)nc1. The van der Waals surface area contributed by atoms with Crippen molar-refractivity contribution in [3.63, 3.8) is 0 Å². The molecule has 3 aromatic rings.